The van der Waals surface area contributed by atoms with Crippen molar-refractivity contribution in [3.63, 3.8) is 0 Å². The van der Waals surface area contributed by atoms with Gasteiger partial charge in [0.1, 0.15) is 22.8 Å². The number of thiophene rings is 1. The van der Waals surface area contributed by atoms with Gasteiger partial charge in [0.05, 0.1) is 20.6 Å². The van der Waals surface area contributed by atoms with E-state index in [1.165, 1.54) is 0 Å². The van der Waals surface area contributed by atoms with Crippen molar-refractivity contribution in [2.75, 3.05) is 40.0 Å². The van der Waals surface area contributed by atoms with Crippen LogP contribution in [0.3, 0.4) is 0 Å². The molecule has 0 saturated carbocycles. The van der Waals surface area contributed by atoms with Gasteiger partial charge in [-0.25, -0.2) is 4.98 Å². The Morgan fingerprint density at radius 3 is 2.49 bits per heavy atom. The van der Waals surface area contributed by atoms with E-state index in [0.717, 1.165) is 33.6 Å². The largest absolute Gasteiger partial charge is 0.496 e. The van der Waals surface area contributed by atoms with Crippen LogP contribution in [-0.4, -0.2) is 50.9 Å². The van der Waals surface area contributed by atoms with Crippen LogP contribution in [0.2, 0.25) is 0 Å². The van der Waals surface area contributed by atoms with Crippen LogP contribution in [0.5, 0.6) is 23.0 Å². The number of rotatable bonds is 9. The van der Waals surface area contributed by atoms with E-state index in [0.29, 0.717) is 42.3 Å². The molecule has 5 rings (SSSR count). The summed E-state index contributed by atoms with van der Waals surface area (Å²) in [4.78, 5) is 22.4. The molecule has 4 aromatic rings. The smallest absolute Gasteiger partial charge is 0.231 e. The van der Waals surface area contributed by atoms with Gasteiger partial charge in [0.25, 0.3) is 0 Å². The molecule has 0 saturated heterocycles. The zero-order valence-electron chi connectivity index (χ0n) is 21.3. The molecule has 3 heterocycles. The molecule has 37 heavy (non-hydrogen) atoms. The Morgan fingerprint density at radius 2 is 1.76 bits per heavy atom. The maximum absolute atomic E-state index is 13.6. The Bertz CT molecular complexity index is 1420. The highest BCUT2D eigenvalue weighted by Crippen LogP contribution is 2.36. The number of nitrogens with zero attached hydrogens (tertiary/aromatic N) is 3. The van der Waals surface area contributed by atoms with Gasteiger partial charge < -0.3 is 28.7 Å². The van der Waals surface area contributed by atoms with Crippen molar-refractivity contribution >= 4 is 34.0 Å². The number of anilines is 1. The standard InChI is InChI=1S/C28H29N3O5S/c1-30(2)28-20(13-21-22(33-3)7-8-24(34-4)27(21)29-28)15-31(26(32)12-19-9-10-37-16-19)14-18-5-6-23-25(11-18)36-17-35-23/h5-11,13,16H,12,14-15,17H2,1-4H3. The number of ether oxygens (including phenoxy) is 4. The Labute approximate surface area is 220 Å². The fourth-order valence-corrected chi connectivity index (χ4v) is 5.13. The highest BCUT2D eigenvalue weighted by Gasteiger charge is 2.22. The van der Waals surface area contributed by atoms with Gasteiger partial charge in [0, 0.05) is 38.1 Å². The summed E-state index contributed by atoms with van der Waals surface area (Å²) in [6, 6.07) is 13.5. The second-order valence-electron chi connectivity index (χ2n) is 8.98. The van der Waals surface area contributed by atoms with Crippen molar-refractivity contribution in [2.24, 2.45) is 0 Å². The molecule has 2 aromatic heterocycles. The molecule has 1 amide bonds. The Balaban J connectivity index is 1.55. The summed E-state index contributed by atoms with van der Waals surface area (Å²) in [5.41, 5.74) is 3.58. The van der Waals surface area contributed by atoms with Crippen molar-refractivity contribution in [1.29, 1.82) is 0 Å². The van der Waals surface area contributed by atoms with Crippen LogP contribution in [0.25, 0.3) is 10.9 Å². The molecule has 0 N–H and O–H groups in total. The Kier molecular flexibility index (Phi) is 7.05. The van der Waals surface area contributed by atoms with E-state index in [4.69, 9.17) is 23.9 Å². The summed E-state index contributed by atoms with van der Waals surface area (Å²) in [6.45, 7) is 0.994. The van der Waals surface area contributed by atoms with Crippen LogP contribution in [0.4, 0.5) is 5.82 Å². The summed E-state index contributed by atoms with van der Waals surface area (Å²) in [5.74, 6) is 3.56. The van der Waals surface area contributed by atoms with Crippen molar-refractivity contribution < 1.29 is 23.7 Å². The number of hydrogen-bond donors (Lipinski definition) is 0. The summed E-state index contributed by atoms with van der Waals surface area (Å²) in [7, 11) is 7.15. The van der Waals surface area contributed by atoms with Gasteiger partial charge in [-0.2, -0.15) is 11.3 Å². The SMILES string of the molecule is COc1ccc(OC)c2nc(N(C)C)c(CN(Cc3ccc4c(c3)OCO4)C(=O)Cc3ccsc3)cc12. The zero-order valence-corrected chi connectivity index (χ0v) is 22.1. The number of carbonyl (C=O) groups is 1. The normalized spacial score (nSPS) is 12.0. The van der Waals surface area contributed by atoms with E-state index in [-0.39, 0.29) is 12.7 Å². The molecular formula is C28H29N3O5S. The molecule has 1 aliphatic rings. The number of benzene rings is 2. The van der Waals surface area contributed by atoms with Gasteiger partial charge in [-0.1, -0.05) is 6.07 Å². The monoisotopic (exact) mass is 519 g/mol. The Hall–Kier alpha value is -3.98. The molecule has 8 nitrogen and oxygen atoms in total. The molecule has 2 aromatic carbocycles. The highest BCUT2D eigenvalue weighted by molar-refractivity contribution is 7.08. The predicted molar refractivity (Wildman–Crippen MR) is 144 cm³/mol. The van der Waals surface area contributed by atoms with E-state index in [1.807, 2.05) is 77.1 Å². The van der Waals surface area contributed by atoms with Crippen LogP contribution in [0, 0.1) is 0 Å². The van der Waals surface area contributed by atoms with E-state index in [2.05, 4.69) is 0 Å². The fourth-order valence-electron chi connectivity index (χ4n) is 4.46. The average Bonchev–Trinajstić information content (AvgIpc) is 3.58. The van der Waals surface area contributed by atoms with Gasteiger partial charge in [-0.15, -0.1) is 0 Å². The molecule has 0 atom stereocenters. The lowest BCUT2D eigenvalue weighted by atomic mass is 10.1. The summed E-state index contributed by atoms with van der Waals surface area (Å²) in [5, 5.41) is 4.83. The van der Waals surface area contributed by atoms with Gasteiger partial charge in [-0.3, -0.25) is 4.79 Å². The minimum Gasteiger partial charge on any atom is -0.496 e. The quantitative estimate of drug-likeness (QED) is 0.312. The number of aromatic nitrogens is 1. The summed E-state index contributed by atoms with van der Waals surface area (Å²) < 4.78 is 22.2. The van der Waals surface area contributed by atoms with Crippen molar-refractivity contribution in [1.82, 2.24) is 9.88 Å². The molecule has 0 bridgehead atoms. The molecule has 1 aliphatic heterocycles. The molecule has 0 aliphatic carbocycles. The number of carbonyl (C=O) groups excluding carboxylic acids is 1. The predicted octanol–water partition coefficient (Wildman–Crippen LogP) is 4.88. The second kappa shape index (κ2) is 10.6. The third-order valence-corrected chi connectivity index (χ3v) is 7.02. The number of amides is 1. The first-order valence-electron chi connectivity index (χ1n) is 11.9. The maximum Gasteiger partial charge on any atom is 0.231 e. The van der Waals surface area contributed by atoms with Crippen LogP contribution in [0.1, 0.15) is 16.7 Å². The van der Waals surface area contributed by atoms with Gasteiger partial charge in [0.2, 0.25) is 12.7 Å². The summed E-state index contributed by atoms with van der Waals surface area (Å²) >= 11 is 1.59. The lowest BCUT2D eigenvalue weighted by Gasteiger charge is -2.26. The van der Waals surface area contributed by atoms with E-state index < -0.39 is 0 Å². The first kappa shape index (κ1) is 24.7. The number of methoxy groups -OCH3 is 2. The number of fused-ring (bicyclic) bond motifs is 2. The molecule has 0 radical (unpaired) electrons. The van der Waals surface area contributed by atoms with Crippen LogP contribution in [-0.2, 0) is 24.3 Å². The van der Waals surface area contributed by atoms with Crippen LogP contribution < -0.4 is 23.8 Å². The first-order valence-corrected chi connectivity index (χ1v) is 12.8. The summed E-state index contributed by atoms with van der Waals surface area (Å²) in [6.07, 6.45) is 0.323. The minimum absolute atomic E-state index is 0.0264. The maximum atomic E-state index is 13.6. The lowest BCUT2D eigenvalue weighted by molar-refractivity contribution is -0.131. The lowest BCUT2D eigenvalue weighted by Crippen LogP contribution is -2.32. The molecule has 9 heteroatoms. The van der Waals surface area contributed by atoms with Crippen molar-refractivity contribution in [3.8, 4) is 23.0 Å². The molecule has 0 spiro atoms. The van der Waals surface area contributed by atoms with E-state index >= 15 is 0 Å². The molecule has 0 fully saturated rings. The van der Waals surface area contributed by atoms with Gasteiger partial charge in [-0.05, 0) is 58.3 Å². The van der Waals surface area contributed by atoms with Gasteiger partial charge in [0.15, 0.2) is 11.5 Å². The first-order chi connectivity index (χ1) is 18.0. The third kappa shape index (κ3) is 5.13. The van der Waals surface area contributed by atoms with Crippen LogP contribution >= 0.6 is 11.3 Å². The van der Waals surface area contributed by atoms with Gasteiger partial charge >= 0.3 is 0 Å². The molecular weight excluding hydrogens is 490 g/mol. The second-order valence-corrected chi connectivity index (χ2v) is 9.76. The minimum atomic E-state index is 0.0264. The molecule has 0 unspecified atom stereocenters. The van der Waals surface area contributed by atoms with E-state index in [1.54, 1.807) is 25.6 Å². The fraction of sp³-hybridized carbons (Fsp3) is 0.286. The number of hydrogen-bond acceptors (Lipinski definition) is 8. The third-order valence-electron chi connectivity index (χ3n) is 6.29. The van der Waals surface area contributed by atoms with Crippen molar-refractivity contribution in [3.05, 3.63) is 69.9 Å². The van der Waals surface area contributed by atoms with E-state index in [9.17, 15) is 4.79 Å². The molecule has 192 valence electrons. The number of pyridine rings is 1. The van der Waals surface area contributed by atoms with Crippen molar-refractivity contribution in [2.45, 2.75) is 19.5 Å². The Morgan fingerprint density at radius 1 is 0.973 bits per heavy atom. The zero-order chi connectivity index (χ0) is 25.9. The highest BCUT2D eigenvalue weighted by atomic mass is 32.1. The average molecular weight is 520 g/mol. The van der Waals surface area contributed by atoms with Crippen LogP contribution in [0.15, 0.2) is 53.2 Å². The topological polar surface area (TPSA) is 73.4 Å².